The summed E-state index contributed by atoms with van der Waals surface area (Å²) in [6.45, 7) is 1.64. The Morgan fingerprint density at radius 2 is 2.20 bits per heavy atom. The number of carbonyl (C=O) groups is 1. The predicted molar refractivity (Wildman–Crippen MR) is 72.6 cm³/mol. The number of carboxylic acid groups (broad SMARTS) is 1. The number of anilines is 1. The Morgan fingerprint density at radius 3 is 2.80 bits per heavy atom. The molecule has 1 heterocycles. The number of hydrogen-bond acceptors (Lipinski definition) is 5. The fourth-order valence-corrected chi connectivity index (χ4v) is 2.61. The summed E-state index contributed by atoms with van der Waals surface area (Å²) in [5.41, 5.74) is 0.476. The average molecular weight is 279 g/mol. The van der Waals surface area contributed by atoms with Crippen LogP contribution in [0.15, 0.2) is 12.3 Å². The van der Waals surface area contributed by atoms with Crippen molar-refractivity contribution in [3.8, 4) is 0 Å². The maximum atomic E-state index is 11.2. The van der Waals surface area contributed by atoms with Crippen LogP contribution in [-0.2, 0) is 4.79 Å². The fraction of sp³-hybridized carbons (Fsp3) is 0.538. The Labute approximate surface area is 116 Å². The molecule has 1 aromatic rings. The zero-order chi connectivity index (χ0) is 14.7. The van der Waals surface area contributed by atoms with Crippen LogP contribution < -0.4 is 5.32 Å². The third kappa shape index (κ3) is 3.04. The Balaban J connectivity index is 2.14. The summed E-state index contributed by atoms with van der Waals surface area (Å²) in [6, 6.07) is 1.42. The summed E-state index contributed by atoms with van der Waals surface area (Å²) in [7, 11) is 0. The Hall–Kier alpha value is -2.18. The van der Waals surface area contributed by atoms with E-state index in [0.29, 0.717) is 17.8 Å². The second-order valence-electron chi connectivity index (χ2n) is 5.09. The number of pyridine rings is 1. The summed E-state index contributed by atoms with van der Waals surface area (Å²) in [5, 5.41) is 23.0. The van der Waals surface area contributed by atoms with Crippen molar-refractivity contribution >= 4 is 17.5 Å². The maximum Gasteiger partial charge on any atom is 0.308 e. The quantitative estimate of drug-likeness (QED) is 0.647. The molecule has 0 radical (unpaired) electrons. The van der Waals surface area contributed by atoms with E-state index in [2.05, 4.69) is 10.3 Å². The Morgan fingerprint density at radius 1 is 1.50 bits per heavy atom. The summed E-state index contributed by atoms with van der Waals surface area (Å²) in [5.74, 6) is -0.742. The molecule has 20 heavy (non-hydrogen) atoms. The van der Waals surface area contributed by atoms with E-state index in [1.165, 1.54) is 6.20 Å². The first kappa shape index (κ1) is 14.2. The maximum absolute atomic E-state index is 11.2. The summed E-state index contributed by atoms with van der Waals surface area (Å²) >= 11 is 0. The van der Waals surface area contributed by atoms with Crippen molar-refractivity contribution in [2.24, 2.45) is 5.92 Å². The van der Waals surface area contributed by atoms with Gasteiger partial charge in [-0.3, -0.25) is 14.9 Å². The van der Waals surface area contributed by atoms with Crippen molar-refractivity contribution in [3.05, 3.63) is 27.9 Å². The molecule has 1 aliphatic carbocycles. The van der Waals surface area contributed by atoms with Gasteiger partial charge in [0.1, 0.15) is 12.0 Å². The highest BCUT2D eigenvalue weighted by Gasteiger charge is 2.31. The molecule has 0 amide bonds. The van der Waals surface area contributed by atoms with Crippen LogP contribution >= 0.6 is 0 Å². The first-order chi connectivity index (χ1) is 9.49. The lowest BCUT2D eigenvalue weighted by molar-refractivity contribution is -0.385. The first-order valence-corrected chi connectivity index (χ1v) is 6.59. The number of aromatic nitrogens is 1. The highest BCUT2D eigenvalue weighted by molar-refractivity contribution is 5.71. The van der Waals surface area contributed by atoms with Gasteiger partial charge in [0.05, 0.1) is 10.8 Å². The van der Waals surface area contributed by atoms with Gasteiger partial charge in [0.25, 0.3) is 5.69 Å². The number of aliphatic carboxylic acids is 1. The summed E-state index contributed by atoms with van der Waals surface area (Å²) in [4.78, 5) is 25.5. The molecule has 108 valence electrons. The highest BCUT2D eigenvalue weighted by Crippen LogP contribution is 2.28. The lowest BCUT2D eigenvalue weighted by Crippen LogP contribution is -2.37. The summed E-state index contributed by atoms with van der Waals surface area (Å²) < 4.78 is 0. The lowest BCUT2D eigenvalue weighted by atomic mass is 9.84. The van der Waals surface area contributed by atoms with Crippen LogP contribution in [0.3, 0.4) is 0 Å². The molecule has 1 aromatic heterocycles. The van der Waals surface area contributed by atoms with E-state index in [4.69, 9.17) is 0 Å². The second kappa shape index (κ2) is 5.85. The molecule has 7 nitrogen and oxygen atoms in total. The van der Waals surface area contributed by atoms with Gasteiger partial charge in [-0.15, -0.1) is 0 Å². The molecule has 7 heteroatoms. The van der Waals surface area contributed by atoms with Crippen LogP contribution in [0, 0.1) is 23.0 Å². The van der Waals surface area contributed by atoms with Crippen molar-refractivity contribution in [1.82, 2.24) is 4.98 Å². The lowest BCUT2D eigenvalue weighted by Gasteiger charge is -2.29. The number of nitrogens with zero attached hydrogens (tertiary/aromatic N) is 2. The minimum absolute atomic E-state index is 0.0334. The van der Waals surface area contributed by atoms with Gasteiger partial charge >= 0.3 is 5.97 Å². The first-order valence-electron chi connectivity index (χ1n) is 6.59. The summed E-state index contributed by atoms with van der Waals surface area (Å²) in [6.07, 6.45) is 4.53. The van der Waals surface area contributed by atoms with Crippen molar-refractivity contribution in [2.45, 2.75) is 38.6 Å². The van der Waals surface area contributed by atoms with Gasteiger partial charge < -0.3 is 10.4 Å². The predicted octanol–water partition coefficient (Wildman–Crippen LogP) is 2.35. The highest BCUT2D eigenvalue weighted by atomic mass is 16.6. The molecule has 1 saturated carbocycles. The van der Waals surface area contributed by atoms with E-state index < -0.39 is 16.8 Å². The Bertz CT molecular complexity index is 532. The molecule has 2 rings (SSSR count). The van der Waals surface area contributed by atoms with Crippen molar-refractivity contribution in [2.75, 3.05) is 5.32 Å². The van der Waals surface area contributed by atoms with Gasteiger partial charge in [0, 0.05) is 11.6 Å². The van der Waals surface area contributed by atoms with Gasteiger partial charge in [-0.25, -0.2) is 4.98 Å². The van der Waals surface area contributed by atoms with Crippen LogP contribution in [0.2, 0.25) is 0 Å². The molecule has 0 aromatic carbocycles. The number of nitro groups is 1. The molecule has 0 aliphatic heterocycles. The molecular formula is C13H17N3O4. The van der Waals surface area contributed by atoms with Crippen LogP contribution in [0.1, 0.15) is 31.2 Å². The molecular weight excluding hydrogens is 262 g/mol. The monoisotopic (exact) mass is 279 g/mol. The van der Waals surface area contributed by atoms with Crippen LogP contribution in [0.4, 0.5) is 11.5 Å². The van der Waals surface area contributed by atoms with E-state index in [0.717, 1.165) is 19.3 Å². The molecule has 0 saturated heterocycles. The normalized spacial score (nSPS) is 22.2. The van der Waals surface area contributed by atoms with E-state index in [-0.39, 0.29) is 11.7 Å². The van der Waals surface area contributed by atoms with Gasteiger partial charge in [-0.1, -0.05) is 12.8 Å². The SMILES string of the molecule is Cc1cc(NC2CCCCC2C(=O)O)ncc1[N+](=O)[O-]. The minimum Gasteiger partial charge on any atom is -0.481 e. The van der Waals surface area contributed by atoms with E-state index in [1.807, 2.05) is 0 Å². The molecule has 2 unspecified atom stereocenters. The van der Waals surface area contributed by atoms with Gasteiger partial charge in [-0.2, -0.15) is 0 Å². The third-order valence-electron chi connectivity index (χ3n) is 3.70. The van der Waals surface area contributed by atoms with Crippen LogP contribution in [-0.4, -0.2) is 27.0 Å². The number of hydrogen-bond donors (Lipinski definition) is 2. The molecule has 2 N–H and O–H groups in total. The van der Waals surface area contributed by atoms with E-state index in [1.54, 1.807) is 13.0 Å². The zero-order valence-electron chi connectivity index (χ0n) is 11.2. The largest absolute Gasteiger partial charge is 0.481 e. The molecule has 0 bridgehead atoms. The van der Waals surface area contributed by atoms with Crippen LogP contribution in [0.25, 0.3) is 0 Å². The topological polar surface area (TPSA) is 105 Å². The number of aryl methyl sites for hydroxylation is 1. The Kier molecular flexibility index (Phi) is 4.16. The standard InChI is InChI=1S/C13H17N3O4/c1-8-6-12(14-7-11(8)16(19)20)15-10-5-3-2-4-9(10)13(17)18/h6-7,9-10H,2-5H2,1H3,(H,14,15)(H,17,18). The number of rotatable bonds is 4. The molecule has 0 spiro atoms. The molecule has 1 fully saturated rings. The smallest absolute Gasteiger partial charge is 0.308 e. The number of nitrogens with one attached hydrogen (secondary N) is 1. The molecule has 1 aliphatic rings. The number of carboxylic acids is 1. The van der Waals surface area contributed by atoms with Crippen LogP contribution in [0.5, 0.6) is 0 Å². The van der Waals surface area contributed by atoms with Gasteiger partial charge in [-0.05, 0) is 25.8 Å². The average Bonchev–Trinajstić information content (AvgIpc) is 2.38. The van der Waals surface area contributed by atoms with Crippen molar-refractivity contribution < 1.29 is 14.8 Å². The van der Waals surface area contributed by atoms with Crippen molar-refractivity contribution in [3.63, 3.8) is 0 Å². The minimum atomic E-state index is -0.805. The van der Waals surface area contributed by atoms with Gasteiger partial charge in [0.15, 0.2) is 0 Å². The second-order valence-corrected chi connectivity index (χ2v) is 5.09. The zero-order valence-corrected chi connectivity index (χ0v) is 11.2. The van der Waals surface area contributed by atoms with E-state index in [9.17, 15) is 20.0 Å². The molecule has 2 atom stereocenters. The van der Waals surface area contributed by atoms with E-state index >= 15 is 0 Å². The van der Waals surface area contributed by atoms with Gasteiger partial charge in [0.2, 0.25) is 0 Å². The fourth-order valence-electron chi connectivity index (χ4n) is 2.61. The third-order valence-corrected chi connectivity index (χ3v) is 3.70. The van der Waals surface area contributed by atoms with Crippen molar-refractivity contribution in [1.29, 1.82) is 0 Å².